The molecule has 2 rings (SSSR count). The van der Waals surface area contributed by atoms with Gasteiger partial charge in [0.2, 0.25) is 0 Å². The highest BCUT2D eigenvalue weighted by Crippen LogP contribution is 2.35. The van der Waals surface area contributed by atoms with Gasteiger partial charge < -0.3 is 10.1 Å². The Morgan fingerprint density at radius 2 is 2.17 bits per heavy atom. The molecule has 0 fully saturated rings. The molecule has 0 aromatic heterocycles. The van der Waals surface area contributed by atoms with E-state index < -0.39 is 0 Å². The molecule has 1 aliphatic heterocycles. The number of aryl methyl sites for hydroxylation is 1. The minimum atomic E-state index is 0.483. The number of fused-ring (bicyclic) bond motifs is 1. The highest BCUT2D eigenvalue weighted by atomic mass is 16.5. The van der Waals surface area contributed by atoms with E-state index in [0.29, 0.717) is 6.04 Å². The van der Waals surface area contributed by atoms with Crippen LogP contribution in [-0.4, -0.2) is 13.2 Å². The van der Waals surface area contributed by atoms with Crippen molar-refractivity contribution in [3.8, 4) is 5.75 Å². The summed E-state index contributed by atoms with van der Waals surface area (Å²) in [5.41, 5.74) is 2.70. The van der Waals surface area contributed by atoms with Gasteiger partial charge in [0.05, 0.1) is 6.61 Å². The summed E-state index contributed by atoms with van der Waals surface area (Å²) in [7, 11) is 0. The molecule has 1 heterocycles. The molecule has 1 N–H and O–H groups in total. The number of hydrogen-bond acceptors (Lipinski definition) is 2. The molecule has 0 saturated heterocycles. The van der Waals surface area contributed by atoms with Gasteiger partial charge in [-0.3, -0.25) is 0 Å². The van der Waals surface area contributed by atoms with E-state index in [1.54, 1.807) is 0 Å². The largest absolute Gasteiger partial charge is 0.493 e. The molecule has 1 aromatic carbocycles. The van der Waals surface area contributed by atoms with E-state index in [4.69, 9.17) is 4.74 Å². The Kier molecular flexibility index (Phi) is 5.06. The van der Waals surface area contributed by atoms with Gasteiger partial charge in [-0.2, -0.15) is 0 Å². The standard InChI is InChI=1S/C16H25NO/c1-3-5-6-11-17-15-10-12-18-16-13(4-2)8-7-9-14(15)16/h7-9,15,17H,3-6,10-12H2,1-2H3. The fourth-order valence-corrected chi connectivity index (χ4v) is 2.63. The fourth-order valence-electron chi connectivity index (χ4n) is 2.63. The summed E-state index contributed by atoms with van der Waals surface area (Å²) in [6.45, 7) is 6.40. The molecule has 0 amide bonds. The maximum atomic E-state index is 5.86. The maximum absolute atomic E-state index is 5.86. The molecule has 2 nitrogen and oxygen atoms in total. The van der Waals surface area contributed by atoms with Gasteiger partial charge in [0.1, 0.15) is 5.75 Å². The molecule has 1 unspecified atom stereocenters. The van der Waals surface area contributed by atoms with Gasteiger partial charge in [-0.1, -0.05) is 44.9 Å². The summed E-state index contributed by atoms with van der Waals surface area (Å²) < 4.78 is 5.86. The second kappa shape index (κ2) is 6.79. The van der Waals surface area contributed by atoms with Crippen LogP contribution in [0.3, 0.4) is 0 Å². The van der Waals surface area contributed by atoms with E-state index in [0.717, 1.165) is 31.7 Å². The first-order valence-electron chi connectivity index (χ1n) is 7.34. The average molecular weight is 247 g/mol. The Labute approximate surface area is 111 Å². The minimum Gasteiger partial charge on any atom is -0.493 e. The predicted molar refractivity (Wildman–Crippen MR) is 76.2 cm³/mol. The molecule has 2 heteroatoms. The first-order valence-corrected chi connectivity index (χ1v) is 7.34. The molecule has 100 valence electrons. The van der Waals surface area contributed by atoms with Crippen molar-refractivity contribution < 1.29 is 4.74 Å². The van der Waals surface area contributed by atoms with Crippen LogP contribution in [0.4, 0.5) is 0 Å². The van der Waals surface area contributed by atoms with E-state index in [-0.39, 0.29) is 0 Å². The van der Waals surface area contributed by atoms with Crippen LogP contribution in [0, 0.1) is 0 Å². The van der Waals surface area contributed by atoms with Crippen LogP contribution in [0.2, 0.25) is 0 Å². The molecule has 0 aliphatic carbocycles. The first-order chi connectivity index (χ1) is 8.86. The molecular formula is C16H25NO. The van der Waals surface area contributed by atoms with Gasteiger partial charge in [0.15, 0.2) is 0 Å². The molecule has 1 aliphatic rings. The van der Waals surface area contributed by atoms with E-state index >= 15 is 0 Å². The normalized spacial score (nSPS) is 18.2. The molecule has 0 saturated carbocycles. The van der Waals surface area contributed by atoms with Crippen LogP contribution < -0.4 is 10.1 Å². The van der Waals surface area contributed by atoms with Crippen molar-refractivity contribution in [3.05, 3.63) is 29.3 Å². The number of hydrogen-bond donors (Lipinski definition) is 1. The quantitative estimate of drug-likeness (QED) is 0.771. The monoisotopic (exact) mass is 247 g/mol. The fraction of sp³-hybridized carbons (Fsp3) is 0.625. The minimum absolute atomic E-state index is 0.483. The molecule has 0 bridgehead atoms. The zero-order chi connectivity index (χ0) is 12.8. The van der Waals surface area contributed by atoms with Gasteiger partial charge in [-0.05, 0) is 24.9 Å². The smallest absolute Gasteiger partial charge is 0.127 e. The van der Waals surface area contributed by atoms with Crippen LogP contribution in [0.15, 0.2) is 18.2 Å². The van der Waals surface area contributed by atoms with Crippen molar-refractivity contribution in [3.63, 3.8) is 0 Å². The summed E-state index contributed by atoms with van der Waals surface area (Å²) in [5, 5.41) is 3.68. The summed E-state index contributed by atoms with van der Waals surface area (Å²) in [5.74, 6) is 1.14. The number of unbranched alkanes of at least 4 members (excludes halogenated alkanes) is 2. The first kappa shape index (κ1) is 13.4. The topological polar surface area (TPSA) is 21.3 Å². The Bertz CT molecular complexity index is 375. The molecule has 1 aromatic rings. The van der Waals surface area contributed by atoms with Crippen molar-refractivity contribution in [1.82, 2.24) is 5.32 Å². The third-order valence-corrected chi connectivity index (χ3v) is 3.71. The number of benzene rings is 1. The summed E-state index contributed by atoms with van der Waals surface area (Å²) >= 11 is 0. The zero-order valence-electron chi connectivity index (χ0n) is 11.7. The summed E-state index contributed by atoms with van der Waals surface area (Å²) in [6, 6.07) is 7.04. The maximum Gasteiger partial charge on any atom is 0.127 e. The lowest BCUT2D eigenvalue weighted by Gasteiger charge is -2.28. The third kappa shape index (κ3) is 3.05. The second-order valence-electron chi connectivity index (χ2n) is 5.04. The van der Waals surface area contributed by atoms with Crippen LogP contribution in [-0.2, 0) is 6.42 Å². The van der Waals surface area contributed by atoms with Crippen LogP contribution in [0.25, 0.3) is 0 Å². The lowest BCUT2D eigenvalue weighted by molar-refractivity contribution is 0.250. The van der Waals surface area contributed by atoms with Crippen molar-refractivity contribution in [2.45, 2.75) is 52.0 Å². The Balaban J connectivity index is 2.03. The van der Waals surface area contributed by atoms with Crippen molar-refractivity contribution in [2.24, 2.45) is 0 Å². The second-order valence-corrected chi connectivity index (χ2v) is 5.04. The van der Waals surface area contributed by atoms with Gasteiger partial charge in [-0.25, -0.2) is 0 Å². The van der Waals surface area contributed by atoms with Crippen molar-refractivity contribution >= 4 is 0 Å². The average Bonchev–Trinajstić information content (AvgIpc) is 2.43. The Hall–Kier alpha value is -1.02. The number of para-hydroxylation sites is 1. The highest BCUT2D eigenvalue weighted by molar-refractivity contribution is 5.44. The summed E-state index contributed by atoms with van der Waals surface area (Å²) in [6.07, 6.45) is 6.01. The Morgan fingerprint density at radius 3 is 2.94 bits per heavy atom. The molecule has 1 atom stereocenters. The SMILES string of the molecule is CCCCCNC1CCOc2c(CC)cccc21. The van der Waals surface area contributed by atoms with Crippen LogP contribution >= 0.6 is 0 Å². The number of ether oxygens (including phenoxy) is 1. The van der Waals surface area contributed by atoms with E-state index in [1.807, 2.05) is 0 Å². The zero-order valence-corrected chi connectivity index (χ0v) is 11.7. The molecule has 18 heavy (non-hydrogen) atoms. The van der Waals surface area contributed by atoms with Gasteiger partial charge in [0.25, 0.3) is 0 Å². The van der Waals surface area contributed by atoms with Gasteiger partial charge in [0, 0.05) is 18.0 Å². The lowest BCUT2D eigenvalue weighted by Crippen LogP contribution is -2.28. The van der Waals surface area contributed by atoms with Crippen LogP contribution in [0.5, 0.6) is 5.75 Å². The van der Waals surface area contributed by atoms with E-state index in [1.165, 1.54) is 30.4 Å². The van der Waals surface area contributed by atoms with Crippen LogP contribution in [0.1, 0.15) is 56.7 Å². The molecular weight excluding hydrogens is 222 g/mol. The molecule has 0 spiro atoms. The van der Waals surface area contributed by atoms with E-state index in [9.17, 15) is 0 Å². The van der Waals surface area contributed by atoms with E-state index in [2.05, 4.69) is 37.4 Å². The molecule has 0 radical (unpaired) electrons. The number of nitrogens with one attached hydrogen (secondary N) is 1. The van der Waals surface area contributed by atoms with Crippen molar-refractivity contribution in [1.29, 1.82) is 0 Å². The van der Waals surface area contributed by atoms with Gasteiger partial charge >= 0.3 is 0 Å². The lowest BCUT2D eigenvalue weighted by atomic mass is 9.96. The predicted octanol–water partition coefficient (Wildman–Crippen LogP) is 3.85. The summed E-state index contributed by atoms with van der Waals surface area (Å²) in [4.78, 5) is 0. The van der Waals surface area contributed by atoms with Gasteiger partial charge in [-0.15, -0.1) is 0 Å². The number of rotatable bonds is 6. The Morgan fingerprint density at radius 1 is 1.28 bits per heavy atom. The van der Waals surface area contributed by atoms with Crippen molar-refractivity contribution in [2.75, 3.05) is 13.2 Å². The third-order valence-electron chi connectivity index (χ3n) is 3.71. The highest BCUT2D eigenvalue weighted by Gasteiger charge is 2.22.